The normalized spacial score (nSPS) is 31.6. The number of amides is 1. The van der Waals surface area contributed by atoms with Gasteiger partial charge in [-0.3, -0.25) is 9.59 Å². The van der Waals surface area contributed by atoms with Crippen LogP contribution in [-0.2, 0) is 44.7 Å². The number of alkyl carbamates (subject to hydrolysis) is 1. The first kappa shape index (κ1) is 48.3. The van der Waals surface area contributed by atoms with Crippen molar-refractivity contribution in [2.75, 3.05) is 20.8 Å². The molecule has 64 heavy (non-hydrogen) atoms. The number of ether oxygens (including phenoxy) is 7. The maximum absolute atomic E-state index is 15.1. The number of hydrogen-bond acceptors (Lipinski definition) is 17. The molecule has 2 bridgehead atoms. The second-order valence-corrected chi connectivity index (χ2v) is 18.8. The molecule has 1 amide bonds. The van der Waals surface area contributed by atoms with Crippen LogP contribution >= 0.6 is 0 Å². The van der Waals surface area contributed by atoms with E-state index in [1.807, 2.05) is 0 Å². The molecule has 3 fully saturated rings. The van der Waals surface area contributed by atoms with Gasteiger partial charge in [-0.15, -0.1) is 0 Å². The number of aliphatic hydroxyl groups excluding tert-OH is 4. The molecule has 0 spiro atoms. The summed E-state index contributed by atoms with van der Waals surface area (Å²) in [4.78, 5) is 70.2. The summed E-state index contributed by atoms with van der Waals surface area (Å²) in [5.41, 5.74) is -8.71. The van der Waals surface area contributed by atoms with Crippen LogP contribution in [0.2, 0.25) is 0 Å². The zero-order valence-corrected chi connectivity index (χ0v) is 37.6. The first-order valence-electron chi connectivity index (χ1n) is 21.0. The van der Waals surface area contributed by atoms with E-state index in [9.17, 15) is 44.7 Å². The largest absolute Gasteiger partial charge is 0.497 e. The van der Waals surface area contributed by atoms with Crippen molar-refractivity contribution in [2.24, 2.45) is 16.7 Å². The van der Waals surface area contributed by atoms with Gasteiger partial charge in [0.2, 0.25) is 0 Å². The Hall–Kier alpha value is -5.11. The fraction of sp³-hybridized carbons (Fsp3) is 0.587. The molecule has 3 aliphatic carbocycles. The Bertz CT molecular complexity index is 2210. The third-order valence-electron chi connectivity index (χ3n) is 13.5. The van der Waals surface area contributed by atoms with E-state index in [2.05, 4.69) is 5.32 Å². The topological polar surface area (TPSA) is 263 Å². The number of carbonyl (C=O) groups is 5. The van der Waals surface area contributed by atoms with E-state index >= 15 is 4.79 Å². The zero-order chi connectivity index (χ0) is 47.5. The number of fused-ring (bicyclic) bond motifs is 5. The average molecular weight is 898 g/mol. The van der Waals surface area contributed by atoms with Gasteiger partial charge >= 0.3 is 24.0 Å². The molecular weight excluding hydrogens is 838 g/mol. The van der Waals surface area contributed by atoms with Crippen LogP contribution in [0.3, 0.4) is 0 Å². The van der Waals surface area contributed by atoms with E-state index in [0.29, 0.717) is 5.56 Å². The van der Waals surface area contributed by atoms with Crippen LogP contribution in [0.1, 0.15) is 95.8 Å². The van der Waals surface area contributed by atoms with Crippen molar-refractivity contribution in [1.29, 1.82) is 0 Å². The average Bonchev–Trinajstić information content (AvgIpc) is 3.22. The fourth-order valence-electron chi connectivity index (χ4n) is 10.2. The van der Waals surface area contributed by atoms with Crippen molar-refractivity contribution in [1.82, 2.24) is 5.32 Å². The maximum atomic E-state index is 15.1. The number of ketones is 1. The number of esters is 3. The summed E-state index contributed by atoms with van der Waals surface area (Å²) >= 11 is 0. The summed E-state index contributed by atoms with van der Waals surface area (Å²) < 4.78 is 40.6. The Morgan fingerprint density at radius 2 is 1.69 bits per heavy atom. The number of methoxy groups -OCH3 is 2. The number of nitrogens with one attached hydrogen (secondary N) is 1. The van der Waals surface area contributed by atoms with Crippen LogP contribution in [-0.4, -0.2) is 130 Å². The molecule has 1 saturated heterocycles. The van der Waals surface area contributed by atoms with Crippen molar-refractivity contribution >= 4 is 29.8 Å². The van der Waals surface area contributed by atoms with E-state index in [-0.39, 0.29) is 46.8 Å². The summed E-state index contributed by atoms with van der Waals surface area (Å²) in [6.07, 6.45) is -12.2. The Balaban J connectivity index is 1.52. The lowest BCUT2D eigenvalue weighted by molar-refractivity contribution is -0.346. The lowest BCUT2D eigenvalue weighted by Gasteiger charge is -2.67. The van der Waals surface area contributed by atoms with Crippen molar-refractivity contribution in [2.45, 2.75) is 134 Å². The third kappa shape index (κ3) is 8.13. The quantitative estimate of drug-likeness (QED) is 0.108. The van der Waals surface area contributed by atoms with Gasteiger partial charge in [-0.2, -0.15) is 0 Å². The zero-order valence-electron chi connectivity index (χ0n) is 37.6. The molecule has 11 atom stereocenters. The molecule has 0 unspecified atom stereocenters. The molecule has 2 aromatic carbocycles. The molecule has 6 N–H and O–H groups in total. The number of Topliss-reactive ketones (excluding diaryl/α,β-unsaturated/α-hetero) is 1. The predicted molar refractivity (Wildman–Crippen MR) is 223 cm³/mol. The Morgan fingerprint density at radius 3 is 2.27 bits per heavy atom. The highest BCUT2D eigenvalue weighted by Crippen LogP contribution is 2.64. The van der Waals surface area contributed by atoms with Gasteiger partial charge < -0.3 is 64.0 Å². The van der Waals surface area contributed by atoms with Gasteiger partial charge in [0.05, 0.1) is 50.9 Å². The highest BCUT2D eigenvalue weighted by atomic mass is 16.6. The molecule has 0 radical (unpaired) electrons. The van der Waals surface area contributed by atoms with Gasteiger partial charge in [0.1, 0.15) is 52.7 Å². The molecule has 350 valence electrons. The second kappa shape index (κ2) is 17.4. The third-order valence-corrected chi connectivity index (χ3v) is 13.5. The summed E-state index contributed by atoms with van der Waals surface area (Å²) in [5, 5.41) is 62.0. The van der Waals surface area contributed by atoms with Crippen LogP contribution in [0.25, 0.3) is 0 Å². The highest BCUT2D eigenvalue weighted by Gasteiger charge is 2.78. The van der Waals surface area contributed by atoms with Crippen molar-refractivity contribution < 1.29 is 82.7 Å². The highest BCUT2D eigenvalue weighted by molar-refractivity contribution is 5.95. The van der Waals surface area contributed by atoms with Crippen molar-refractivity contribution in [3.63, 3.8) is 0 Å². The number of benzene rings is 2. The monoisotopic (exact) mass is 897 g/mol. The molecule has 18 heteroatoms. The minimum Gasteiger partial charge on any atom is -0.497 e. The minimum atomic E-state index is -2.47. The smallest absolute Gasteiger partial charge is 0.408 e. The van der Waals surface area contributed by atoms with Crippen LogP contribution in [0.4, 0.5) is 4.79 Å². The number of carbonyl (C=O) groups excluding carboxylic acids is 5. The fourth-order valence-corrected chi connectivity index (χ4v) is 10.2. The molecule has 1 aliphatic heterocycles. The number of hydrogen-bond donors (Lipinski definition) is 6. The Labute approximate surface area is 370 Å². The number of aliphatic hydroxyl groups is 5. The van der Waals surface area contributed by atoms with Gasteiger partial charge in [-0.1, -0.05) is 38.1 Å². The molecule has 0 aromatic heterocycles. The Morgan fingerprint density at radius 1 is 1.00 bits per heavy atom. The molecule has 6 rings (SSSR count). The molecule has 2 saturated carbocycles. The first-order chi connectivity index (χ1) is 29.8. The summed E-state index contributed by atoms with van der Waals surface area (Å²) in [5.74, 6) is -5.54. The van der Waals surface area contributed by atoms with Gasteiger partial charge in [0, 0.05) is 25.2 Å². The van der Waals surface area contributed by atoms with E-state index in [4.69, 9.17) is 33.2 Å². The summed E-state index contributed by atoms with van der Waals surface area (Å²) in [6.45, 7) is 11.1. The van der Waals surface area contributed by atoms with Crippen molar-refractivity contribution in [3.05, 3.63) is 70.3 Å². The van der Waals surface area contributed by atoms with Crippen LogP contribution < -0.4 is 14.8 Å². The molecule has 1 heterocycles. The molecular formula is C46H59NO17. The van der Waals surface area contributed by atoms with E-state index in [1.165, 1.54) is 72.2 Å². The van der Waals surface area contributed by atoms with Gasteiger partial charge in [-0.25, -0.2) is 14.4 Å². The van der Waals surface area contributed by atoms with Gasteiger partial charge in [0.15, 0.2) is 17.5 Å². The predicted octanol–water partition coefficient (Wildman–Crippen LogP) is 2.77. The van der Waals surface area contributed by atoms with Crippen LogP contribution in [0, 0.1) is 16.7 Å². The first-order valence-corrected chi connectivity index (χ1v) is 21.0. The maximum Gasteiger partial charge on any atom is 0.408 e. The molecule has 2 aromatic rings. The van der Waals surface area contributed by atoms with E-state index in [0.717, 1.165) is 6.92 Å². The van der Waals surface area contributed by atoms with Gasteiger partial charge in [-0.05, 0) is 75.1 Å². The summed E-state index contributed by atoms with van der Waals surface area (Å²) in [7, 11) is 2.69. The second-order valence-electron chi connectivity index (χ2n) is 18.8. The lowest BCUT2D eigenvalue weighted by atomic mass is 9.44. The molecule has 4 aliphatic rings. The van der Waals surface area contributed by atoms with Crippen LogP contribution in [0.5, 0.6) is 11.5 Å². The minimum absolute atomic E-state index is 0.0420. The Kier molecular flexibility index (Phi) is 13.1. The lowest BCUT2D eigenvalue weighted by Crippen LogP contribution is -2.81. The number of rotatable bonds is 11. The van der Waals surface area contributed by atoms with Crippen molar-refractivity contribution in [3.8, 4) is 11.5 Å². The SMILES string of the molecule is COc1ccc(OC)c(C(=O)O[C@H]2[C@@H]3[C@]4(OC(C)=O)CO[C@@H]4C[C@H](O)[C@@]3(C)C(=O)[C@H](O)C3=C(C)[C@@H](OC(=O)[C@H](O)[C@@H](NC(=O)OC(C)(C)C)c4cccc(CO)c4)C[C@]2(O)C3(C)C)c1. The van der Waals surface area contributed by atoms with Crippen LogP contribution in [0.15, 0.2) is 53.6 Å². The standard InChI is InChI=1S/C46H59NO17/c1-22-29(61-40(55)35(52)33(47-41(56)64-42(3,4)5)25-13-11-12-24(16-25)20-48)19-46(57)38(62-39(54)27-17-26(58-9)14-15-28(27)59-10)36-44(8,37(53)34(51)32(22)43(46,6)7)30(50)18-31-45(36,21-60-31)63-23(2)49/h11-17,29-31,33-36,38,48,50-52,57H,18-21H2,1-10H3,(H,47,56)/t29-,30-,31+,33-,34+,35+,36-,38-,44+,45-,46+/m0/s1. The van der Waals surface area contributed by atoms with E-state index < -0.39 is 119 Å². The van der Waals surface area contributed by atoms with Gasteiger partial charge in [0.25, 0.3) is 0 Å². The molecule has 18 nitrogen and oxygen atoms in total. The van der Waals surface area contributed by atoms with E-state index in [1.54, 1.807) is 32.9 Å². The summed E-state index contributed by atoms with van der Waals surface area (Å²) in [6, 6.07) is 8.89.